The summed E-state index contributed by atoms with van der Waals surface area (Å²) in [6, 6.07) is 10.1. The first-order valence-electron chi connectivity index (χ1n) is 7.48. The predicted octanol–water partition coefficient (Wildman–Crippen LogP) is 1.67. The van der Waals surface area contributed by atoms with Crippen LogP contribution in [-0.2, 0) is 18.3 Å². The molecule has 128 valence electrons. The van der Waals surface area contributed by atoms with Crippen molar-refractivity contribution in [3.05, 3.63) is 80.2 Å². The molecule has 0 saturated heterocycles. The molecule has 1 aromatic heterocycles. The van der Waals surface area contributed by atoms with Crippen molar-refractivity contribution in [1.29, 1.82) is 0 Å². The predicted molar refractivity (Wildman–Crippen MR) is 90.3 cm³/mol. The molecule has 0 bridgehead atoms. The highest BCUT2D eigenvalue weighted by Gasteiger charge is 2.14. The number of ether oxygens (including phenoxy) is 1. The number of rotatable bonds is 3. The molecule has 0 aliphatic rings. The lowest BCUT2D eigenvalue weighted by Gasteiger charge is -2.11. The number of carbonyl (C=O) groups is 1. The van der Waals surface area contributed by atoms with Crippen molar-refractivity contribution in [3.8, 4) is 0 Å². The standard InChI is InChI=1S/C18H15FN2O4/c1-20-15-7-6-12(17(23)25-2)9-14(15)16(22)21(18(20)24)10-11-4-3-5-13(19)8-11/h3-9H,10H2,1-2H3. The van der Waals surface area contributed by atoms with E-state index in [4.69, 9.17) is 0 Å². The fourth-order valence-corrected chi connectivity index (χ4v) is 2.72. The second-order valence-corrected chi connectivity index (χ2v) is 5.59. The summed E-state index contributed by atoms with van der Waals surface area (Å²) >= 11 is 0. The van der Waals surface area contributed by atoms with Crippen molar-refractivity contribution in [3.63, 3.8) is 0 Å². The van der Waals surface area contributed by atoms with Gasteiger partial charge in [-0.05, 0) is 35.9 Å². The van der Waals surface area contributed by atoms with Crippen LogP contribution in [0.2, 0.25) is 0 Å². The third kappa shape index (κ3) is 2.96. The molecule has 0 aliphatic heterocycles. The Balaban J connectivity index is 2.23. The third-order valence-corrected chi connectivity index (χ3v) is 4.00. The number of methoxy groups -OCH3 is 1. The number of benzene rings is 2. The summed E-state index contributed by atoms with van der Waals surface area (Å²) < 4.78 is 20.4. The highest BCUT2D eigenvalue weighted by Crippen LogP contribution is 2.12. The number of esters is 1. The molecule has 3 rings (SSSR count). The minimum atomic E-state index is -0.577. The second-order valence-electron chi connectivity index (χ2n) is 5.59. The van der Waals surface area contributed by atoms with Crippen molar-refractivity contribution >= 4 is 16.9 Å². The topological polar surface area (TPSA) is 70.3 Å². The number of halogens is 1. The molecule has 0 spiro atoms. The maximum atomic E-state index is 13.4. The number of carbonyl (C=O) groups excluding carboxylic acids is 1. The Bertz CT molecular complexity index is 1100. The monoisotopic (exact) mass is 342 g/mol. The molecule has 0 unspecified atom stereocenters. The smallest absolute Gasteiger partial charge is 0.337 e. The molecule has 25 heavy (non-hydrogen) atoms. The van der Waals surface area contributed by atoms with E-state index in [-0.39, 0.29) is 17.5 Å². The van der Waals surface area contributed by atoms with Gasteiger partial charge in [0.25, 0.3) is 5.56 Å². The van der Waals surface area contributed by atoms with Gasteiger partial charge in [-0.2, -0.15) is 0 Å². The van der Waals surface area contributed by atoms with Gasteiger partial charge in [-0.25, -0.2) is 14.0 Å². The van der Waals surface area contributed by atoms with Crippen LogP contribution in [0.3, 0.4) is 0 Å². The van der Waals surface area contributed by atoms with E-state index >= 15 is 0 Å². The average Bonchev–Trinajstić information content (AvgIpc) is 2.62. The van der Waals surface area contributed by atoms with Crippen LogP contribution in [0, 0.1) is 5.82 Å². The van der Waals surface area contributed by atoms with Gasteiger partial charge in [0.05, 0.1) is 30.1 Å². The largest absolute Gasteiger partial charge is 0.465 e. The van der Waals surface area contributed by atoms with Crippen LogP contribution in [0.5, 0.6) is 0 Å². The molecule has 0 saturated carbocycles. The second kappa shape index (κ2) is 6.35. The number of hydrogen-bond donors (Lipinski definition) is 0. The Morgan fingerprint density at radius 2 is 1.92 bits per heavy atom. The molecular formula is C18H15FN2O4. The summed E-state index contributed by atoms with van der Waals surface area (Å²) in [6.45, 7) is -0.0678. The van der Waals surface area contributed by atoms with Crippen LogP contribution in [0.4, 0.5) is 4.39 Å². The van der Waals surface area contributed by atoms with Gasteiger partial charge in [0, 0.05) is 7.05 Å². The molecule has 0 atom stereocenters. The number of nitrogens with zero attached hydrogens (tertiary/aromatic N) is 2. The Morgan fingerprint density at radius 1 is 1.16 bits per heavy atom. The van der Waals surface area contributed by atoms with Gasteiger partial charge in [-0.3, -0.25) is 13.9 Å². The summed E-state index contributed by atoms with van der Waals surface area (Å²) in [5, 5.41) is 0.210. The number of aromatic nitrogens is 2. The van der Waals surface area contributed by atoms with Crippen LogP contribution >= 0.6 is 0 Å². The lowest BCUT2D eigenvalue weighted by atomic mass is 10.1. The molecule has 0 N–H and O–H groups in total. The van der Waals surface area contributed by atoms with Crippen LogP contribution in [0.15, 0.2) is 52.1 Å². The molecule has 0 amide bonds. The molecule has 1 heterocycles. The van der Waals surface area contributed by atoms with Crippen LogP contribution in [0.1, 0.15) is 15.9 Å². The normalized spacial score (nSPS) is 10.8. The van der Waals surface area contributed by atoms with Gasteiger partial charge < -0.3 is 4.74 Å². The minimum Gasteiger partial charge on any atom is -0.465 e. The van der Waals surface area contributed by atoms with E-state index in [1.807, 2.05) is 0 Å². The molecule has 3 aromatic rings. The van der Waals surface area contributed by atoms with E-state index < -0.39 is 23.0 Å². The van der Waals surface area contributed by atoms with E-state index in [0.717, 1.165) is 4.57 Å². The van der Waals surface area contributed by atoms with Crippen molar-refractivity contribution in [2.45, 2.75) is 6.54 Å². The first-order chi connectivity index (χ1) is 11.9. The number of fused-ring (bicyclic) bond motifs is 1. The Hall–Kier alpha value is -3.22. The average molecular weight is 342 g/mol. The Labute approximate surface area is 141 Å². The fourth-order valence-electron chi connectivity index (χ4n) is 2.72. The van der Waals surface area contributed by atoms with Gasteiger partial charge in [0.1, 0.15) is 5.82 Å². The molecular weight excluding hydrogens is 327 g/mol. The van der Waals surface area contributed by atoms with Crippen LogP contribution in [0.25, 0.3) is 10.9 Å². The lowest BCUT2D eigenvalue weighted by molar-refractivity contribution is 0.0601. The van der Waals surface area contributed by atoms with E-state index in [9.17, 15) is 18.8 Å². The maximum absolute atomic E-state index is 13.4. The molecule has 0 aliphatic carbocycles. The highest BCUT2D eigenvalue weighted by atomic mass is 19.1. The summed E-state index contributed by atoms with van der Waals surface area (Å²) in [5.41, 5.74) is 0.0320. The summed E-state index contributed by atoms with van der Waals surface area (Å²) in [4.78, 5) is 37.0. The summed E-state index contributed by atoms with van der Waals surface area (Å²) in [7, 11) is 2.78. The highest BCUT2D eigenvalue weighted by molar-refractivity contribution is 5.94. The van der Waals surface area contributed by atoms with Crippen molar-refractivity contribution in [1.82, 2.24) is 9.13 Å². The van der Waals surface area contributed by atoms with E-state index in [2.05, 4.69) is 4.74 Å². The van der Waals surface area contributed by atoms with Crippen molar-refractivity contribution in [2.24, 2.45) is 7.05 Å². The zero-order valence-electron chi connectivity index (χ0n) is 13.7. The molecule has 7 heteroatoms. The molecule has 0 radical (unpaired) electrons. The van der Waals surface area contributed by atoms with Crippen LogP contribution in [-0.4, -0.2) is 22.2 Å². The quantitative estimate of drug-likeness (QED) is 0.679. The van der Waals surface area contributed by atoms with Crippen LogP contribution < -0.4 is 11.2 Å². The van der Waals surface area contributed by atoms with Gasteiger partial charge in [-0.1, -0.05) is 12.1 Å². The van der Waals surface area contributed by atoms with E-state index in [1.165, 1.54) is 55.1 Å². The maximum Gasteiger partial charge on any atom is 0.337 e. The zero-order valence-corrected chi connectivity index (χ0v) is 13.7. The first-order valence-corrected chi connectivity index (χ1v) is 7.48. The van der Waals surface area contributed by atoms with Gasteiger partial charge >= 0.3 is 11.7 Å². The van der Waals surface area contributed by atoms with Gasteiger partial charge in [0.2, 0.25) is 0 Å². The van der Waals surface area contributed by atoms with E-state index in [1.54, 1.807) is 6.07 Å². The molecule has 6 nitrogen and oxygen atoms in total. The first kappa shape index (κ1) is 16.6. The summed E-state index contributed by atoms with van der Waals surface area (Å²) in [5.74, 6) is -1.03. The SMILES string of the molecule is COC(=O)c1ccc2c(c1)c(=O)n(Cc1cccc(F)c1)c(=O)n2C. The molecule has 0 fully saturated rings. The minimum absolute atomic E-state index is 0.0678. The van der Waals surface area contributed by atoms with E-state index in [0.29, 0.717) is 11.1 Å². The Kier molecular flexibility index (Phi) is 4.22. The van der Waals surface area contributed by atoms with Gasteiger partial charge in [-0.15, -0.1) is 0 Å². The summed E-state index contributed by atoms with van der Waals surface area (Å²) in [6.07, 6.45) is 0. The zero-order chi connectivity index (χ0) is 18.1. The van der Waals surface area contributed by atoms with Gasteiger partial charge in [0.15, 0.2) is 0 Å². The lowest BCUT2D eigenvalue weighted by Crippen LogP contribution is -2.39. The fraction of sp³-hybridized carbons (Fsp3) is 0.167. The Morgan fingerprint density at radius 3 is 2.60 bits per heavy atom. The third-order valence-electron chi connectivity index (χ3n) is 4.00. The molecule has 2 aromatic carbocycles. The number of aryl methyl sites for hydroxylation is 1. The van der Waals surface area contributed by atoms with Crippen molar-refractivity contribution in [2.75, 3.05) is 7.11 Å². The number of hydrogen-bond acceptors (Lipinski definition) is 4. The van der Waals surface area contributed by atoms with Crippen molar-refractivity contribution < 1.29 is 13.9 Å².